The molecule has 0 fully saturated rings. The molecule has 6 heteroatoms. The van der Waals surface area contributed by atoms with Gasteiger partial charge in [-0.05, 0) is 59.7 Å². The first-order valence-corrected chi connectivity index (χ1v) is 18.9. The Morgan fingerprint density at radius 2 is 1.24 bits per heavy atom. The van der Waals surface area contributed by atoms with E-state index >= 15 is 0 Å². The molecule has 12 rings (SSSR count). The number of rotatable bonds is 4. The topological polar surface area (TPSA) is 48.8 Å². The Bertz CT molecular complexity index is 3300. The Hall–Kier alpha value is -6.89. The van der Waals surface area contributed by atoms with Crippen LogP contribution in [0.15, 0.2) is 184 Å². The van der Waals surface area contributed by atoms with Crippen molar-refractivity contribution in [2.45, 2.75) is 9.79 Å². The van der Waals surface area contributed by atoms with Gasteiger partial charge in [-0.1, -0.05) is 133 Å². The first kappa shape index (κ1) is 29.7. The third-order valence-electron chi connectivity index (χ3n) is 10.7. The normalized spacial score (nSPS) is 12.4. The number of para-hydroxylation sites is 4. The van der Waals surface area contributed by atoms with E-state index < -0.39 is 0 Å². The maximum Gasteiger partial charge on any atom is 0.180 e. The van der Waals surface area contributed by atoms with Gasteiger partial charge in [0.25, 0.3) is 0 Å². The highest BCUT2D eigenvalue weighted by atomic mass is 32.2. The molecular formula is C48H28N4OS. The number of aromatic nitrogens is 4. The van der Waals surface area contributed by atoms with Crippen molar-refractivity contribution in [1.82, 2.24) is 19.1 Å². The summed E-state index contributed by atoms with van der Waals surface area (Å²) in [5, 5.41) is 4.79. The van der Waals surface area contributed by atoms with Gasteiger partial charge in [0.1, 0.15) is 22.4 Å². The first-order valence-electron chi connectivity index (χ1n) is 18.1. The fourth-order valence-corrected chi connectivity index (χ4v) is 9.63. The Morgan fingerprint density at radius 3 is 2.13 bits per heavy atom. The fourth-order valence-electron chi connectivity index (χ4n) is 8.40. The lowest BCUT2D eigenvalue weighted by Gasteiger charge is -2.23. The second kappa shape index (κ2) is 11.3. The first-order chi connectivity index (χ1) is 26.8. The molecule has 7 aromatic carbocycles. The minimum atomic E-state index is 0.666. The molecule has 252 valence electrons. The van der Waals surface area contributed by atoms with Crippen LogP contribution in [0.25, 0.3) is 100 Å². The van der Waals surface area contributed by atoms with Gasteiger partial charge >= 0.3 is 0 Å². The third-order valence-corrected chi connectivity index (χ3v) is 11.9. The van der Waals surface area contributed by atoms with Crippen LogP contribution in [-0.4, -0.2) is 19.1 Å². The van der Waals surface area contributed by atoms with E-state index in [0.29, 0.717) is 11.4 Å². The van der Waals surface area contributed by atoms with E-state index in [-0.39, 0.29) is 0 Å². The van der Waals surface area contributed by atoms with Crippen LogP contribution >= 0.6 is 11.8 Å². The predicted octanol–water partition coefficient (Wildman–Crippen LogP) is 12.9. The van der Waals surface area contributed by atoms with Gasteiger partial charge in [0.15, 0.2) is 11.4 Å². The van der Waals surface area contributed by atoms with Crippen molar-refractivity contribution >= 4 is 66.7 Å². The fraction of sp³-hybridized carbons (Fsp3) is 0. The van der Waals surface area contributed by atoms with Gasteiger partial charge in [0.05, 0.1) is 16.7 Å². The number of nitrogens with zero attached hydrogens (tertiary/aromatic N) is 4. The van der Waals surface area contributed by atoms with Crippen LogP contribution in [0.2, 0.25) is 0 Å². The van der Waals surface area contributed by atoms with E-state index in [0.717, 1.165) is 44.6 Å². The van der Waals surface area contributed by atoms with Crippen LogP contribution in [0.1, 0.15) is 0 Å². The molecular weight excluding hydrogens is 681 g/mol. The van der Waals surface area contributed by atoms with Gasteiger partial charge < -0.3 is 4.42 Å². The lowest BCUT2D eigenvalue weighted by atomic mass is 10.0. The van der Waals surface area contributed by atoms with Gasteiger partial charge in [-0.25, -0.2) is 9.97 Å². The molecule has 0 atom stereocenters. The van der Waals surface area contributed by atoms with Crippen LogP contribution in [-0.2, 0) is 0 Å². The summed E-state index contributed by atoms with van der Waals surface area (Å²) in [6.07, 6.45) is 0. The number of furan rings is 1. The Morgan fingerprint density at radius 1 is 0.537 bits per heavy atom. The molecule has 0 bridgehead atoms. The summed E-state index contributed by atoms with van der Waals surface area (Å²) in [7, 11) is 0. The summed E-state index contributed by atoms with van der Waals surface area (Å²) in [6.45, 7) is 0. The highest BCUT2D eigenvalue weighted by Crippen LogP contribution is 2.52. The summed E-state index contributed by atoms with van der Waals surface area (Å²) in [4.78, 5) is 12.8. The molecule has 11 aromatic rings. The van der Waals surface area contributed by atoms with E-state index in [1.807, 2.05) is 48.2 Å². The molecule has 0 spiro atoms. The number of hydrogen-bond donors (Lipinski definition) is 0. The minimum absolute atomic E-state index is 0.666. The molecule has 4 aromatic heterocycles. The molecule has 0 aliphatic carbocycles. The Balaban J connectivity index is 1.09. The molecule has 5 nitrogen and oxygen atoms in total. The second-order valence-electron chi connectivity index (χ2n) is 13.7. The average Bonchev–Trinajstić information content (AvgIpc) is 3.90. The Kier molecular flexibility index (Phi) is 6.21. The van der Waals surface area contributed by atoms with Crippen molar-refractivity contribution in [1.29, 1.82) is 0 Å². The molecule has 0 unspecified atom stereocenters. The van der Waals surface area contributed by atoms with Crippen molar-refractivity contribution in [3.63, 3.8) is 0 Å². The predicted molar refractivity (Wildman–Crippen MR) is 221 cm³/mol. The highest BCUT2D eigenvalue weighted by molar-refractivity contribution is 8.00. The molecule has 0 amide bonds. The number of benzene rings is 7. The molecule has 0 saturated heterocycles. The quantitative estimate of drug-likeness (QED) is 0.183. The van der Waals surface area contributed by atoms with Crippen molar-refractivity contribution < 1.29 is 4.42 Å². The molecule has 1 aliphatic heterocycles. The van der Waals surface area contributed by atoms with Gasteiger partial charge in [-0.2, -0.15) is 0 Å². The van der Waals surface area contributed by atoms with Crippen molar-refractivity contribution in [2.24, 2.45) is 0 Å². The highest BCUT2D eigenvalue weighted by Gasteiger charge is 2.29. The zero-order valence-electron chi connectivity index (χ0n) is 28.8. The minimum Gasteiger partial charge on any atom is -0.452 e. The molecule has 0 N–H and O–H groups in total. The van der Waals surface area contributed by atoms with Crippen molar-refractivity contribution in [3.05, 3.63) is 170 Å². The summed E-state index contributed by atoms with van der Waals surface area (Å²) >= 11 is 1.85. The lowest BCUT2D eigenvalue weighted by Crippen LogP contribution is -2.06. The van der Waals surface area contributed by atoms with Crippen LogP contribution in [0, 0.1) is 0 Å². The SMILES string of the molecule is c1ccc(-c2nc(-c3cccc(-c4cccc5c4Sc4cccc6c7c8ccccc8n(-c8ccccc8)c7n-5c46)c3)nc3c2oc2ccccc23)cc1. The molecule has 1 aliphatic rings. The van der Waals surface area contributed by atoms with E-state index in [4.69, 9.17) is 14.4 Å². The summed E-state index contributed by atoms with van der Waals surface area (Å²) in [5.74, 6) is 0.666. The van der Waals surface area contributed by atoms with Crippen LogP contribution < -0.4 is 0 Å². The van der Waals surface area contributed by atoms with Crippen LogP contribution in [0.4, 0.5) is 0 Å². The zero-order chi connectivity index (χ0) is 35.3. The molecule has 54 heavy (non-hydrogen) atoms. The van der Waals surface area contributed by atoms with E-state index in [9.17, 15) is 0 Å². The third kappa shape index (κ3) is 4.17. The van der Waals surface area contributed by atoms with Crippen LogP contribution in [0.3, 0.4) is 0 Å². The monoisotopic (exact) mass is 708 g/mol. The number of fused-ring (bicyclic) bond motifs is 10. The van der Waals surface area contributed by atoms with Gasteiger partial charge in [-0.15, -0.1) is 0 Å². The van der Waals surface area contributed by atoms with E-state index in [1.54, 1.807) is 0 Å². The van der Waals surface area contributed by atoms with Crippen molar-refractivity contribution in [3.8, 4) is 45.1 Å². The van der Waals surface area contributed by atoms with E-state index in [1.165, 1.54) is 53.9 Å². The summed E-state index contributed by atoms with van der Waals surface area (Å²) < 4.78 is 11.3. The Labute approximate surface area is 313 Å². The summed E-state index contributed by atoms with van der Waals surface area (Å²) in [5.41, 5.74) is 13.3. The molecule has 0 radical (unpaired) electrons. The number of hydrogen-bond acceptors (Lipinski definition) is 4. The molecule has 0 saturated carbocycles. The maximum atomic E-state index is 6.38. The molecule has 5 heterocycles. The van der Waals surface area contributed by atoms with Crippen molar-refractivity contribution in [2.75, 3.05) is 0 Å². The smallest absolute Gasteiger partial charge is 0.180 e. The maximum absolute atomic E-state index is 6.38. The van der Waals surface area contributed by atoms with Gasteiger partial charge in [0, 0.05) is 48.2 Å². The van der Waals surface area contributed by atoms with E-state index in [2.05, 4.69) is 143 Å². The van der Waals surface area contributed by atoms with Gasteiger partial charge in [-0.3, -0.25) is 9.13 Å². The summed E-state index contributed by atoms with van der Waals surface area (Å²) in [6, 6.07) is 59.9. The average molecular weight is 709 g/mol. The van der Waals surface area contributed by atoms with Crippen LogP contribution in [0.5, 0.6) is 0 Å². The largest absolute Gasteiger partial charge is 0.452 e. The lowest BCUT2D eigenvalue weighted by molar-refractivity contribution is 0.667. The van der Waals surface area contributed by atoms with Gasteiger partial charge in [0.2, 0.25) is 0 Å². The standard InChI is InChI=1S/C48H28N4OS/c1-3-14-29(15-4-1)42-45-43(35-21-8-10-26-39(35)53-45)50-47(49-42)31-17-11-16-30(28-31)33-22-12-25-38-46(33)54-40-27-13-23-36-41-34-20-7-9-24-37(34)51(32-18-5-2-6-19-32)48(41)52(38)44(36)40/h1-28H. The zero-order valence-corrected chi connectivity index (χ0v) is 29.6. The second-order valence-corrected chi connectivity index (χ2v) is 14.8.